The first-order valence-electron chi connectivity index (χ1n) is 10.0. The van der Waals surface area contributed by atoms with E-state index in [0.717, 1.165) is 57.9 Å². The second-order valence-electron chi connectivity index (χ2n) is 8.09. The summed E-state index contributed by atoms with van der Waals surface area (Å²) in [4.78, 5) is 9.45. The number of nitrogens with zero attached hydrogens (tertiary/aromatic N) is 3. The number of aliphatic imine (C=N–C) groups is 1. The summed E-state index contributed by atoms with van der Waals surface area (Å²) in [5.74, 6) is 1.58. The first-order valence-corrected chi connectivity index (χ1v) is 10.0. The molecule has 0 aromatic rings. The molecule has 0 aromatic heterocycles. The molecule has 0 aromatic carbocycles. The van der Waals surface area contributed by atoms with Crippen LogP contribution >= 0.6 is 24.0 Å². The van der Waals surface area contributed by atoms with E-state index in [9.17, 15) is 0 Å². The van der Waals surface area contributed by atoms with E-state index in [1.807, 2.05) is 7.05 Å². The molecule has 2 rings (SSSR count). The molecular weight excluding hydrogens is 441 g/mol. The maximum atomic E-state index is 5.90. The molecule has 1 aliphatic heterocycles. The Bertz CT molecular complexity index is 413. The highest BCUT2D eigenvalue weighted by Crippen LogP contribution is 2.27. The molecule has 154 valence electrons. The minimum Gasteiger partial charge on any atom is -0.374 e. The Hall–Kier alpha value is -0.120. The summed E-state index contributed by atoms with van der Waals surface area (Å²) in [6.45, 7) is 16.0. The lowest BCUT2D eigenvalue weighted by Crippen LogP contribution is -2.50. The number of halogens is 1. The second kappa shape index (κ2) is 12.4. The average Bonchev–Trinajstić information content (AvgIpc) is 3.38. The summed E-state index contributed by atoms with van der Waals surface area (Å²) in [6, 6.07) is 1.42. The van der Waals surface area contributed by atoms with Gasteiger partial charge < -0.3 is 15.4 Å². The van der Waals surface area contributed by atoms with Crippen molar-refractivity contribution < 1.29 is 4.74 Å². The van der Waals surface area contributed by atoms with E-state index in [4.69, 9.17) is 4.74 Å². The normalized spacial score (nSPS) is 22.0. The van der Waals surface area contributed by atoms with Gasteiger partial charge in [-0.05, 0) is 32.6 Å². The zero-order valence-electron chi connectivity index (χ0n) is 17.3. The topological polar surface area (TPSA) is 52.1 Å². The van der Waals surface area contributed by atoms with E-state index in [1.165, 1.54) is 12.8 Å². The summed E-state index contributed by atoms with van der Waals surface area (Å²) in [5, 5.41) is 6.88. The molecule has 0 radical (unpaired) electrons. The molecule has 0 spiro atoms. The average molecular weight is 481 g/mol. The van der Waals surface area contributed by atoms with E-state index >= 15 is 0 Å². The van der Waals surface area contributed by atoms with Crippen molar-refractivity contribution in [2.75, 3.05) is 52.9 Å². The van der Waals surface area contributed by atoms with Gasteiger partial charge in [0.2, 0.25) is 0 Å². The number of guanidine groups is 1. The van der Waals surface area contributed by atoms with Crippen molar-refractivity contribution >= 4 is 29.9 Å². The van der Waals surface area contributed by atoms with E-state index in [2.05, 4.69) is 53.1 Å². The fourth-order valence-electron chi connectivity index (χ4n) is 3.59. The molecule has 26 heavy (non-hydrogen) atoms. The monoisotopic (exact) mass is 481 g/mol. The summed E-state index contributed by atoms with van der Waals surface area (Å²) >= 11 is 0. The molecule has 0 amide bonds. The molecule has 2 fully saturated rings. The number of nitrogens with one attached hydrogen (secondary N) is 2. The molecule has 1 atom stereocenters. The predicted molar refractivity (Wildman–Crippen MR) is 121 cm³/mol. The maximum Gasteiger partial charge on any atom is 0.191 e. The van der Waals surface area contributed by atoms with E-state index < -0.39 is 0 Å². The summed E-state index contributed by atoms with van der Waals surface area (Å²) in [7, 11) is 1.84. The molecule has 1 saturated heterocycles. The molecule has 2 N–H and O–H groups in total. The quantitative estimate of drug-likeness (QED) is 0.300. The first-order chi connectivity index (χ1) is 12.0. The molecular formula is C19H40IN5O. The molecule has 1 saturated carbocycles. The third kappa shape index (κ3) is 8.71. The maximum absolute atomic E-state index is 5.90. The zero-order valence-corrected chi connectivity index (χ0v) is 19.7. The van der Waals surface area contributed by atoms with Crippen LogP contribution < -0.4 is 10.6 Å². The highest BCUT2D eigenvalue weighted by molar-refractivity contribution is 14.0. The Morgan fingerprint density at radius 1 is 1.23 bits per heavy atom. The van der Waals surface area contributed by atoms with Crippen molar-refractivity contribution in [3.8, 4) is 0 Å². The van der Waals surface area contributed by atoms with Gasteiger partial charge in [-0.25, -0.2) is 0 Å². The van der Waals surface area contributed by atoms with Crippen molar-refractivity contribution in [2.45, 2.75) is 58.7 Å². The number of ether oxygens (including phenoxy) is 1. The summed E-state index contributed by atoms with van der Waals surface area (Å²) < 4.78 is 5.90. The van der Waals surface area contributed by atoms with Gasteiger partial charge >= 0.3 is 0 Å². The number of rotatable bonds is 9. The van der Waals surface area contributed by atoms with Crippen LogP contribution in [0.2, 0.25) is 0 Å². The molecule has 0 bridgehead atoms. The Morgan fingerprint density at radius 2 is 1.96 bits per heavy atom. The van der Waals surface area contributed by atoms with Gasteiger partial charge in [-0.2, -0.15) is 0 Å². The third-order valence-electron chi connectivity index (χ3n) is 4.91. The highest BCUT2D eigenvalue weighted by Gasteiger charge is 2.30. The molecule has 1 unspecified atom stereocenters. The van der Waals surface area contributed by atoms with Crippen LogP contribution in [-0.4, -0.2) is 86.9 Å². The summed E-state index contributed by atoms with van der Waals surface area (Å²) in [5.41, 5.74) is 0. The first kappa shape index (κ1) is 23.9. The van der Waals surface area contributed by atoms with Crippen LogP contribution in [0.25, 0.3) is 0 Å². The third-order valence-corrected chi connectivity index (χ3v) is 4.91. The van der Waals surface area contributed by atoms with E-state index in [1.54, 1.807) is 0 Å². The minimum atomic E-state index is 0. The van der Waals surface area contributed by atoms with Gasteiger partial charge in [0.25, 0.3) is 0 Å². The fourth-order valence-corrected chi connectivity index (χ4v) is 3.59. The van der Waals surface area contributed by atoms with E-state index in [0.29, 0.717) is 12.0 Å². The molecule has 1 heterocycles. The predicted octanol–water partition coefficient (Wildman–Crippen LogP) is 2.00. The van der Waals surface area contributed by atoms with Crippen molar-refractivity contribution in [3.05, 3.63) is 0 Å². The molecule has 7 heteroatoms. The standard InChI is InChI=1S/C19H39N5O.HI/c1-15(2)13-23-10-11-25-18(14-23)12-22-19(20-5)21-8-9-24(16(3)4)17-6-7-17;/h15-18H,6-14H2,1-5H3,(H2,20,21,22);1H. The van der Waals surface area contributed by atoms with Gasteiger partial charge in [0.1, 0.15) is 0 Å². The van der Waals surface area contributed by atoms with Gasteiger partial charge in [-0.3, -0.25) is 14.8 Å². The van der Waals surface area contributed by atoms with Crippen LogP contribution in [0.1, 0.15) is 40.5 Å². The molecule has 6 nitrogen and oxygen atoms in total. The fraction of sp³-hybridized carbons (Fsp3) is 0.947. The van der Waals surface area contributed by atoms with Crippen LogP contribution in [0.3, 0.4) is 0 Å². The summed E-state index contributed by atoms with van der Waals surface area (Å²) in [6.07, 6.45) is 2.96. The Labute approximate surface area is 177 Å². The lowest BCUT2D eigenvalue weighted by Gasteiger charge is -2.34. The van der Waals surface area contributed by atoms with E-state index in [-0.39, 0.29) is 30.1 Å². The smallest absolute Gasteiger partial charge is 0.191 e. The van der Waals surface area contributed by atoms with Crippen molar-refractivity contribution in [1.29, 1.82) is 0 Å². The van der Waals surface area contributed by atoms with Gasteiger partial charge in [0.15, 0.2) is 5.96 Å². The van der Waals surface area contributed by atoms with Crippen LogP contribution in [0, 0.1) is 5.92 Å². The Kier molecular flexibility index (Phi) is 11.4. The Morgan fingerprint density at radius 3 is 2.54 bits per heavy atom. The van der Waals surface area contributed by atoms with Crippen LogP contribution in [0.4, 0.5) is 0 Å². The van der Waals surface area contributed by atoms with Crippen LogP contribution in [0.15, 0.2) is 4.99 Å². The lowest BCUT2D eigenvalue weighted by atomic mass is 10.2. The number of hydrogen-bond donors (Lipinski definition) is 2. The number of morpholine rings is 1. The van der Waals surface area contributed by atoms with Crippen molar-refractivity contribution in [1.82, 2.24) is 20.4 Å². The lowest BCUT2D eigenvalue weighted by molar-refractivity contribution is -0.0284. The van der Waals surface area contributed by atoms with Gasteiger partial charge in [-0.1, -0.05) is 13.8 Å². The van der Waals surface area contributed by atoms with Crippen LogP contribution in [0.5, 0.6) is 0 Å². The largest absolute Gasteiger partial charge is 0.374 e. The van der Waals surface area contributed by atoms with Gasteiger partial charge in [0, 0.05) is 58.4 Å². The van der Waals surface area contributed by atoms with Crippen molar-refractivity contribution in [3.63, 3.8) is 0 Å². The molecule has 1 aliphatic carbocycles. The SMILES string of the molecule is CN=C(NCCN(C(C)C)C1CC1)NCC1CN(CC(C)C)CCO1.I. The zero-order chi connectivity index (χ0) is 18.2. The highest BCUT2D eigenvalue weighted by atomic mass is 127. The second-order valence-corrected chi connectivity index (χ2v) is 8.09. The Balaban J connectivity index is 0.00000338. The van der Waals surface area contributed by atoms with Crippen LogP contribution in [-0.2, 0) is 4.74 Å². The minimum absolute atomic E-state index is 0. The number of hydrogen-bond acceptors (Lipinski definition) is 4. The van der Waals surface area contributed by atoms with Crippen molar-refractivity contribution in [2.24, 2.45) is 10.9 Å². The molecule has 2 aliphatic rings. The van der Waals surface area contributed by atoms with Gasteiger partial charge in [0.05, 0.1) is 12.7 Å². The van der Waals surface area contributed by atoms with Gasteiger partial charge in [-0.15, -0.1) is 24.0 Å².